The SMILES string of the molecule is CNc1cc(C2CCCN2C(=O)CCc2cc(OC)no2)nc(C)n1. The third-order valence-electron chi connectivity index (χ3n) is 4.36. The van der Waals surface area contributed by atoms with E-state index < -0.39 is 0 Å². The molecule has 8 nitrogen and oxygen atoms in total. The summed E-state index contributed by atoms with van der Waals surface area (Å²) in [7, 11) is 3.36. The maximum absolute atomic E-state index is 12.7. The molecule has 1 fully saturated rings. The van der Waals surface area contributed by atoms with Crippen LogP contribution in [0, 0.1) is 6.92 Å². The summed E-state index contributed by atoms with van der Waals surface area (Å²) < 4.78 is 10.1. The Kier molecular flexibility index (Phi) is 5.16. The molecular weight excluding hydrogens is 322 g/mol. The molecular formula is C17H23N5O3. The third-order valence-corrected chi connectivity index (χ3v) is 4.36. The van der Waals surface area contributed by atoms with Crippen LogP contribution in [0.4, 0.5) is 5.82 Å². The molecule has 0 bridgehead atoms. The number of nitrogens with one attached hydrogen (secondary N) is 1. The summed E-state index contributed by atoms with van der Waals surface area (Å²) in [4.78, 5) is 23.5. The minimum atomic E-state index is 0.00515. The molecule has 25 heavy (non-hydrogen) atoms. The van der Waals surface area contributed by atoms with E-state index in [1.807, 2.05) is 24.9 Å². The highest BCUT2D eigenvalue weighted by atomic mass is 16.5. The minimum absolute atomic E-state index is 0.00515. The minimum Gasteiger partial charge on any atom is -0.479 e. The van der Waals surface area contributed by atoms with Crippen molar-refractivity contribution in [1.82, 2.24) is 20.0 Å². The summed E-state index contributed by atoms with van der Waals surface area (Å²) in [5.74, 6) is 2.65. The van der Waals surface area contributed by atoms with Gasteiger partial charge in [0.1, 0.15) is 17.4 Å². The molecule has 0 spiro atoms. The van der Waals surface area contributed by atoms with E-state index in [0.29, 0.717) is 30.3 Å². The highest BCUT2D eigenvalue weighted by Crippen LogP contribution is 2.32. The Morgan fingerprint density at radius 2 is 2.28 bits per heavy atom. The van der Waals surface area contributed by atoms with Crippen molar-refractivity contribution in [3.8, 4) is 5.88 Å². The van der Waals surface area contributed by atoms with Crippen LogP contribution in [0.2, 0.25) is 0 Å². The first kappa shape index (κ1) is 17.2. The summed E-state index contributed by atoms with van der Waals surface area (Å²) in [5, 5.41) is 6.80. The average molecular weight is 345 g/mol. The summed E-state index contributed by atoms with van der Waals surface area (Å²) in [6.07, 6.45) is 2.77. The van der Waals surface area contributed by atoms with E-state index in [-0.39, 0.29) is 11.9 Å². The molecule has 1 amide bonds. The van der Waals surface area contributed by atoms with Crippen molar-refractivity contribution in [3.63, 3.8) is 0 Å². The summed E-state index contributed by atoms with van der Waals surface area (Å²) in [5.41, 5.74) is 0.893. The number of rotatable bonds is 6. The lowest BCUT2D eigenvalue weighted by atomic mass is 10.1. The van der Waals surface area contributed by atoms with Crippen molar-refractivity contribution in [2.24, 2.45) is 0 Å². The van der Waals surface area contributed by atoms with Crippen LogP contribution < -0.4 is 10.1 Å². The number of ether oxygens (including phenoxy) is 1. The monoisotopic (exact) mass is 345 g/mol. The molecule has 0 aromatic carbocycles. The molecule has 8 heteroatoms. The van der Waals surface area contributed by atoms with Crippen LogP contribution >= 0.6 is 0 Å². The van der Waals surface area contributed by atoms with E-state index in [4.69, 9.17) is 9.26 Å². The Hall–Kier alpha value is -2.64. The molecule has 1 aliphatic rings. The van der Waals surface area contributed by atoms with Crippen molar-refractivity contribution < 1.29 is 14.1 Å². The molecule has 0 aliphatic carbocycles. The van der Waals surface area contributed by atoms with Gasteiger partial charge in [0.25, 0.3) is 5.88 Å². The summed E-state index contributed by atoms with van der Waals surface area (Å²) >= 11 is 0. The molecule has 1 atom stereocenters. The van der Waals surface area contributed by atoms with Crippen molar-refractivity contribution in [2.75, 3.05) is 26.0 Å². The van der Waals surface area contributed by atoms with Crippen molar-refractivity contribution in [2.45, 2.75) is 38.6 Å². The third kappa shape index (κ3) is 3.89. The van der Waals surface area contributed by atoms with E-state index in [1.54, 1.807) is 6.07 Å². The van der Waals surface area contributed by atoms with Crippen LogP contribution in [-0.2, 0) is 11.2 Å². The molecule has 3 rings (SSSR count). The van der Waals surface area contributed by atoms with Gasteiger partial charge in [-0.1, -0.05) is 0 Å². The molecule has 2 aromatic heterocycles. The zero-order chi connectivity index (χ0) is 17.8. The molecule has 1 saturated heterocycles. The molecule has 134 valence electrons. The number of anilines is 1. The first-order valence-electron chi connectivity index (χ1n) is 8.43. The Morgan fingerprint density at radius 1 is 1.44 bits per heavy atom. The van der Waals surface area contributed by atoms with Crippen molar-refractivity contribution in [1.29, 1.82) is 0 Å². The molecule has 2 aromatic rings. The van der Waals surface area contributed by atoms with Gasteiger partial charge in [-0.3, -0.25) is 4.79 Å². The first-order chi connectivity index (χ1) is 12.1. The topological polar surface area (TPSA) is 93.4 Å². The number of nitrogens with zero attached hydrogens (tertiary/aromatic N) is 4. The van der Waals surface area contributed by atoms with Gasteiger partial charge in [-0.15, -0.1) is 0 Å². The number of aryl methyl sites for hydroxylation is 2. The van der Waals surface area contributed by atoms with Crippen LogP contribution in [0.1, 0.15) is 42.6 Å². The lowest BCUT2D eigenvalue weighted by molar-refractivity contribution is -0.132. The fourth-order valence-corrected chi connectivity index (χ4v) is 3.14. The number of carbonyl (C=O) groups excluding carboxylic acids is 1. The van der Waals surface area contributed by atoms with Gasteiger partial charge < -0.3 is 19.5 Å². The van der Waals surface area contributed by atoms with Gasteiger partial charge in [0, 0.05) is 38.6 Å². The van der Waals surface area contributed by atoms with Crippen LogP contribution in [0.3, 0.4) is 0 Å². The van der Waals surface area contributed by atoms with E-state index in [2.05, 4.69) is 20.4 Å². The average Bonchev–Trinajstić information content (AvgIpc) is 3.28. The van der Waals surface area contributed by atoms with Crippen LogP contribution in [-0.4, -0.2) is 46.6 Å². The molecule has 1 aliphatic heterocycles. The van der Waals surface area contributed by atoms with E-state index in [9.17, 15) is 4.79 Å². The zero-order valence-corrected chi connectivity index (χ0v) is 14.8. The smallest absolute Gasteiger partial charge is 0.254 e. The Balaban J connectivity index is 1.68. The van der Waals surface area contributed by atoms with Gasteiger partial charge in [-0.2, -0.15) is 0 Å². The largest absolute Gasteiger partial charge is 0.479 e. The Bertz CT molecular complexity index is 746. The van der Waals surface area contributed by atoms with Gasteiger partial charge in [0.05, 0.1) is 18.8 Å². The second kappa shape index (κ2) is 7.50. The van der Waals surface area contributed by atoms with Crippen LogP contribution in [0.15, 0.2) is 16.7 Å². The van der Waals surface area contributed by atoms with E-state index >= 15 is 0 Å². The van der Waals surface area contributed by atoms with E-state index in [0.717, 1.165) is 30.9 Å². The Morgan fingerprint density at radius 3 is 3.00 bits per heavy atom. The molecule has 1 unspecified atom stereocenters. The molecule has 0 radical (unpaired) electrons. The van der Waals surface area contributed by atoms with Crippen LogP contribution in [0.25, 0.3) is 0 Å². The zero-order valence-electron chi connectivity index (χ0n) is 14.8. The fraction of sp³-hybridized carbons (Fsp3) is 0.529. The normalized spacial score (nSPS) is 16.9. The van der Waals surface area contributed by atoms with Gasteiger partial charge in [0.15, 0.2) is 0 Å². The van der Waals surface area contributed by atoms with Crippen LogP contribution in [0.5, 0.6) is 5.88 Å². The number of methoxy groups -OCH3 is 1. The summed E-state index contributed by atoms with van der Waals surface area (Å²) in [6.45, 7) is 2.61. The molecule has 1 N–H and O–H groups in total. The number of hydrogen-bond donors (Lipinski definition) is 1. The predicted molar refractivity (Wildman–Crippen MR) is 91.4 cm³/mol. The standard InChI is InChI=1S/C17H23N5O3/c1-11-19-13(10-15(18-2)20-11)14-5-4-8-22(14)17(23)7-6-12-9-16(24-3)21-25-12/h9-10,14H,4-8H2,1-3H3,(H,18,19,20). The number of aromatic nitrogens is 3. The van der Waals surface area contributed by atoms with Gasteiger partial charge in [-0.25, -0.2) is 9.97 Å². The maximum atomic E-state index is 12.7. The predicted octanol–water partition coefficient (Wildman–Crippen LogP) is 2.12. The summed E-state index contributed by atoms with van der Waals surface area (Å²) in [6, 6.07) is 3.64. The number of hydrogen-bond acceptors (Lipinski definition) is 7. The first-order valence-corrected chi connectivity index (χ1v) is 8.43. The quantitative estimate of drug-likeness (QED) is 0.857. The van der Waals surface area contributed by atoms with Crippen molar-refractivity contribution >= 4 is 11.7 Å². The maximum Gasteiger partial charge on any atom is 0.254 e. The van der Waals surface area contributed by atoms with Crippen molar-refractivity contribution in [3.05, 3.63) is 29.4 Å². The van der Waals surface area contributed by atoms with Gasteiger partial charge >= 0.3 is 0 Å². The fourth-order valence-electron chi connectivity index (χ4n) is 3.14. The van der Waals surface area contributed by atoms with Gasteiger partial charge in [0.2, 0.25) is 5.91 Å². The molecule has 0 saturated carbocycles. The van der Waals surface area contributed by atoms with Gasteiger partial charge in [-0.05, 0) is 24.9 Å². The lowest BCUT2D eigenvalue weighted by Gasteiger charge is -2.24. The van der Waals surface area contributed by atoms with E-state index in [1.165, 1.54) is 7.11 Å². The number of carbonyl (C=O) groups is 1. The Labute approximate surface area is 146 Å². The lowest BCUT2D eigenvalue weighted by Crippen LogP contribution is -2.31. The second-order valence-corrected chi connectivity index (χ2v) is 6.06. The highest BCUT2D eigenvalue weighted by molar-refractivity contribution is 5.77. The second-order valence-electron chi connectivity index (χ2n) is 6.06. The highest BCUT2D eigenvalue weighted by Gasteiger charge is 2.31. The molecule has 3 heterocycles. The number of likely N-dealkylation sites (tertiary alicyclic amines) is 1. The number of amides is 1.